The van der Waals surface area contributed by atoms with E-state index in [9.17, 15) is 14.3 Å². The van der Waals surface area contributed by atoms with E-state index in [1.165, 1.54) is 12.1 Å². The number of carbonyl (C=O) groups is 1. The lowest BCUT2D eigenvalue weighted by molar-refractivity contribution is -0.135. The summed E-state index contributed by atoms with van der Waals surface area (Å²) < 4.78 is 13.6. The van der Waals surface area contributed by atoms with Crippen LogP contribution >= 0.6 is 0 Å². The Morgan fingerprint density at radius 3 is 2.70 bits per heavy atom. The van der Waals surface area contributed by atoms with Gasteiger partial charge in [0.1, 0.15) is 5.82 Å². The Balaban J connectivity index is 1.58. The van der Waals surface area contributed by atoms with Crippen molar-refractivity contribution in [3.05, 3.63) is 65.0 Å². The minimum absolute atomic E-state index is 0.0546. The Bertz CT molecular complexity index is 914. The quantitative estimate of drug-likeness (QED) is 0.765. The highest BCUT2D eigenvalue weighted by molar-refractivity contribution is 5.93. The van der Waals surface area contributed by atoms with Gasteiger partial charge in [0.05, 0.1) is 12.1 Å². The molecular weight excluding hydrogens is 379 g/mol. The second kappa shape index (κ2) is 8.48. The Labute approximate surface area is 178 Å². The number of carbonyl (C=O) groups excluding carboxylic acids is 1. The highest BCUT2D eigenvalue weighted by Gasteiger charge is 2.49. The summed E-state index contributed by atoms with van der Waals surface area (Å²) in [4.78, 5) is 15.1. The van der Waals surface area contributed by atoms with Crippen molar-refractivity contribution in [1.29, 1.82) is 0 Å². The lowest BCUT2D eigenvalue weighted by Gasteiger charge is -2.52. The van der Waals surface area contributed by atoms with Gasteiger partial charge < -0.3 is 10.4 Å². The number of nitrogens with one attached hydrogen (secondary N) is 1. The maximum Gasteiger partial charge on any atom is 0.238 e. The van der Waals surface area contributed by atoms with Crippen LogP contribution in [0.5, 0.6) is 0 Å². The monoisotopic (exact) mass is 410 g/mol. The van der Waals surface area contributed by atoms with Crippen molar-refractivity contribution in [1.82, 2.24) is 4.90 Å². The zero-order chi connectivity index (χ0) is 21.3. The predicted molar refractivity (Wildman–Crippen MR) is 117 cm³/mol. The van der Waals surface area contributed by atoms with Crippen molar-refractivity contribution in [3.8, 4) is 0 Å². The molecule has 1 amide bonds. The molecule has 3 atom stereocenters. The van der Waals surface area contributed by atoms with E-state index in [0.717, 1.165) is 48.1 Å². The fourth-order valence-corrected chi connectivity index (χ4v) is 5.27. The molecule has 0 spiro atoms. The van der Waals surface area contributed by atoms with Crippen molar-refractivity contribution in [2.24, 2.45) is 5.92 Å². The summed E-state index contributed by atoms with van der Waals surface area (Å²) in [6, 6.07) is 12.5. The average molecular weight is 411 g/mol. The summed E-state index contributed by atoms with van der Waals surface area (Å²) in [5.41, 5.74) is 3.25. The molecule has 0 unspecified atom stereocenters. The molecule has 0 radical (unpaired) electrons. The van der Waals surface area contributed by atoms with Crippen LogP contribution in [0.25, 0.3) is 0 Å². The number of hydrogen-bond donors (Lipinski definition) is 2. The van der Waals surface area contributed by atoms with E-state index in [4.69, 9.17) is 0 Å². The second-order valence-corrected chi connectivity index (χ2v) is 9.04. The smallest absolute Gasteiger partial charge is 0.238 e. The van der Waals surface area contributed by atoms with Crippen LogP contribution in [0.2, 0.25) is 0 Å². The van der Waals surface area contributed by atoms with Crippen molar-refractivity contribution in [2.75, 3.05) is 18.4 Å². The first-order valence-electron chi connectivity index (χ1n) is 10.9. The van der Waals surface area contributed by atoms with Gasteiger partial charge >= 0.3 is 0 Å². The third kappa shape index (κ3) is 4.28. The van der Waals surface area contributed by atoms with Gasteiger partial charge in [-0.15, -0.1) is 0 Å². The highest BCUT2D eigenvalue weighted by atomic mass is 19.1. The van der Waals surface area contributed by atoms with Gasteiger partial charge in [0.2, 0.25) is 5.91 Å². The van der Waals surface area contributed by atoms with Gasteiger partial charge in [-0.1, -0.05) is 37.1 Å². The number of amides is 1. The summed E-state index contributed by atoms with van der Waals surface area (Å²) in [7, 11) is 0. The Morgan fingerprint density at radius 2 is 1.93 bits per heavy atom. The number of piperidine rings is 1. The molecule has 2 N–H and O–H groups in total. The molecular formula is C25H31FN2O2. The number of aliphatic hydroxyl groups is 1. The molecule has 1 saturated heterocycles. The number of hydrogen-bond acceptors (Lipinski definition) is 3. The summed E-state index contributed by atoms with van der Waals surface area (Å²) in [6.45, 7) is 4.89. The third-order valence-electron chi connectivity index (χ3n) is 6.90. The van der Waals surface area contributed by atoms with Crippen LogP contribution in [0.3, 0.4) is 0 Å². The van der Waals surface area contributed by atoms with Crippen LogP contribution in [-0.2, 0) is 4.79 Å². The standard InChI is InChI=1S/C25H31FN2O2/c1-17-6-7-18(2)22(15-17)27-23(29)16-28-14-13-25(30)12-4-3-5-21(25)24(28)19-8-10-20(26)11-9-19/h6-11,15,21,24,30H,3-5,12-14,16H2,1-2H3,(H,27,29)/t21-,24-,25-/m1/s1. The van der Waals surface area contributed by atoms with Gasteiger partial charge in [-0.2, -0.15) is 0 Å². The molecule has 160 valence electrons. The lowest BCUT2D eigenvalue weighted by Crippen LogP contribution is -2.56. The molecule has 0 aromatic heterocycles. The maximum atomic E-state index is 13.6. The van der Waals surface area contributed by atoms with Crippen molar-refractivity contribution in [3.63, 3.8) is 0 Å². The van der Waals surface area contributed by atoms with Crippen molar-refractivity contribution < 1.29 is 14.3 Å². The zero-order valence-corrected chi connectivity index (χ0v) is 17.8. The topological polar surface area (TPSA) is 52.6 Å². The molecule has 30 heavy (non-hydrogen) atoms. The van der Waals surface area contributed by atoms with Crippen LogP contribution in [0.4, 0.5) is 10.1 Å². The zero-order valence-electron chi connectivity index (χ0n) is 17.8. The highest BCUT2D eigenvalue weighted by Crippen LogP contribution is 2.49. The van der Waals surface area contributed by atoms with Crippen LogP contribution in [0.1, 0.15) is 54.8 Å². The molecule has 2 fully saturated rings. The van der Waals surface area contributed by atoms with Crippen LogP contribution in [0.15, 0.2) is 42.5 Å². The van der Waals surface area contributed by atoms with Crippen LogP contribution in [0, 0.1) is 25.6 Å². The van der Waals surface area contributed by atoms with Gasteiger partial charge in [-0.05, 0) is 68.0 Å². The summed E-state index contributed by atoms with van der Waals surface area (Å²) >= 11 is 0. The second-order valence-electron chi connectivity index (χ2n) is 9.04. The van der Waals surface area contributed by atoms with E-state index < -0.39 is 5.60 Å². The van der Waals surface area contributed by atoms with Crippen molar-refractivity contribution >= 4 is 11.6 Å². The maximum absolute atomic E-state index is 13.6. The van der Waals surface area contributed by atoms with Gasteiger partial charge in [0.25, 0.3) is 0 Å². The molecule has 1 heterocycles. The molecule has 2 aliphatic rings. The summed E-state index contributed by atoms with van der Waals surface area (Å²) in [6.07, 6.45) is 4.51. The summed E-state index contributed by atoms with van der Waals surface area (Å²) in [5, 5.41) is 14.4. The molecule has 1 saturated carbocycles. The van der Waals surface area contributed by atoms with E-state index in [-0.39, 0.29) is 30.2 Å². The Morgan fingerprint density at radius 1 is 1.17 bits per heavy atom. The molecule has 1 aliphatic carbocycles. The predicted octanol–water partition coefficient (Wildman–Crippen LogP) is 4.75. The SMILES string of the molecule is Cc1ccc(C)c(NC(=O)CN2CC[C@]3(O)CCCC[C@@H]3[C@H]2c2ccc(F)cc2)c1. The first-order chi connectivity index (χ1) is 14.4. The number of rotatable bonds is 4. The molecule has 2 aromatic rings. The number of aryl methyl sites for hydroxylation is 2. The molecule has 5 heteroatoms. The van der Waals surface area contributed by atoms with Gasteiger partial charge in [0.15, 0.2) is 0 Å². The average Bonchev–Trinajstić information content (AvgIpc) is 2.71. The number of fused-ring (bicyclic) bond motifs is 1. The first-order valence-corrected chi connectivity index (χ1v) is 10.9. The van der Waals surface area contributed by atoms with E-state index >= 15 is 0 Å². The summed E-state index contributed by atoms with van der Waals surface area (Å²) in [5.74, 6) is -0.274. The van der Waals surface area contributed by atoms with Crippen molar-refractivity contribution in [2.45, 2.75) is 57.6 Å². The minimum Gasteiger partial charge on any atom is -0.389 e. The molecule has 1 aliphatic heterocycles. The first kappa shape index (κ1) is 21.0. The largest absolute Gasteiger partial charge is 0.389 e. The number of nitrogens with zero attached hydrogens (tertiary/aromatic N) is 1. The minimum atomic E-state index is -0.697. The fourth-order valence-electron chi connectivity index (χ4n) is 5.27. The third-order valence-corrected chi connectivity index (χ3v) is 6.90. The van der Waals surface area contributed by atoms with E-state index in [1.807, 2.05) is 32.0 Å². The van der Waals surface area contributed by atoms with Crippen LogP contribution < -0.4 is 5.32 Å². The van der Waals surface area contributed by atoms with Gasteiger partial charge in [-0.25, -0.2) is 4.39 Å². The van der Waals surface area contributed by atoms with Gasteiger partial charge in [0, 0.05) is 24.2 Å². The normalized spacial score (nSPS) is 26.8. The Hall–Kier alpha value is -2.24. The van der Waals surface area contributed by atoms with E-state index in [0.29, 0.717) is 13.0 Å². The number of anilines is 1. The Kier molecular flexibility index (Phi) is 5.94. The van der Waals surface area contributed by atoms with Gasteiger partial charge in [-0.3, -0.25) is 9.69 Å². The molecule has 4 rings (SSSR count). The number of halogens is 1. The molecule has 0 bridgehead atoms. The van der Waals surface area contributed by atoms with E-state index in [1.54, 1.807) is 12.1 Å². The lowest BCUT2D eigenvalue weighted by atomic mass is 9.66. The number of benzene rings is 2. The number of likely N-dealkylation sites (tertiary alicyclic amines) is 1. The van der Waals surface area contributed by atoms with Crippen LogP contribution in [-0.4, -0.2) is 34.6 Å². The van der Waals surface area contributed by atoms with E-state index in [2.05, 4.69) is 10.2 Å². The molecule has 4 nitrogen and oxygen atoms in total. The fraction of sp³-hybridized carbons (Fsp3) is 0.480. The molecule has 2 aromatic carbocycles.